The van der Waals surface area contributed by atoms with E-state index in [0.29, 0.717) is 0 Å². The molecule has 31 heavy (non-hydrogen) atoms. The first-order valence-corrected chi connectivity index (χ1v) is 5.50. The maximum atomic E-state index is 9.18. The van der Waals surface area contributed by atoms with E-state index in [1.807, 2.05) is 0 Å². The van der Waals surface area contributed by atoms with Crippen molar-refractivity contribution in [3.8, 4) is 0 Å². The third-order valence-electron chi connectivity index (χ3n) is 1.50. The van der Waals surface area contributed by atoms with Crippen LogP contribution in [0.4, 0.5) is 4.79 Å². The number of carboxylic acid groups (broad SMARTS) is 2. The zero-order valence-electron chi connectivity index (χ0n) is 17.0. The Morgan fingerprint density at radius 1 is 0.645 bits per heavy atom. The van der Waals surface area contributed by atoms with Crippen molar-refractivity contribution >= 4 is 34.7 Å². The van der Waals surface area contributed by atoms with E-state index in [9.17, 15) is 10.0 Å². The summed E-state index contributed by atoms with van der Waals surface area (Å²) in [6.45, 7) is -6.90. The van der Waals surface area contributed by atoms with Gasteiger partial charge in [-0.3, -0.25) is 0 Å². The standard InChI is InChI=1S/CH2O3.B4H4O9.4Na.8H2O.O.Zn/c2-1(3)4;5-1-9-3(7)11-2(6)12-4(8,10-1)13-3;;;;;;;;;;;;;;/h(H2,2,3,4);5-8H;;;;;8*1H2;;/q;-2;4*+1;;;;;;;;;;/p-2. The minimum atomic E-state index is -3.45. The number of carbonyl (C=O) groups is 1. The van der Waals surface area contributed by atoms with Crippen LogP contribution in [0.3, 0.4) is 0 Å². The summed E-state index contributed by atoms with van der Waals surface area (Å²) >= 11 is 0.125. The summed E-state index contributed by atoms with van der Waals surface area (Å²) < 4.78 is 29.5. The Bertz CT molecular complexity index is 294. The van der Waals surface area contributed by atoms with Crippen LogP contribution in [-0.4, -0.2) is 98.6 Å². The van der Waals surface area contributed by atoms with Crippen LogP contribution in [0.5, 0.6) is 0 Å². The minimum absolute atomic E-state index is 0. The van der Waals surface area contributed by atoms with Crippen LogP contribution in [0.15, 0.2) is 0 Å². The van der Waals surface area contributed by atoms with Crippen molar-refractivity contribution in [3.63, 3.8) is 0 Å². The number of rotatable bonds is 0. The Kier molecular flexibility index (Phi) is 109. The summed E-state index contributed by atoms with van der Waals surface area (Å²) in [5.41, 5.74) is 0. The van der Waals surface area contributed by atoms with E-state index in [1.54, 1.807) is 0 Å². The van der Waals surface area contributed by atoms with Gasteiger partial charge in [-0.2, -0.15) is 0 Å². The Hall–Kier alpha value is 3.27. The number of fused-ring (bicyclic) bond motifs is 2. The van der Waals surface area contributed by atoms with Crippen LogP contribution in [0.1, 0.15) is 0 Å². The summed E-state index contributed by atoms with van der Waals surface area (Å²) in [6, 6.07) is 0. The Morgan fingerprint density at radius 3 is 0.903 bits per heavy atom. The molecular formula is CH20B4Na4O21Zn. The van der Waals surface area contributed by atoms with Gasteiger partial charge in [0.2, 0.25) is 0 Å². The van der Waals surface area contributed by atoms with Crippen molar-refractivity contribution in [3.05, 3.63) is 0 Å². The molecule has 2 aliphatic heterocycles. The number of hydrogen-bond acceptors (Lipinski definition) is 13. The number of carbonyl (C=O) groups excluding carboxylic acids is 1. The summed E-state index contributed by atoms with van der Waals surface area (Å²) in [5.74, 6) is 0. The van der Waals surface area contributed by atoms with Gasteiger partial charge in [0.05, 0.1) is 0 Å². The van der Waals surface area contributed by atoms with Gasteiger partial charge in [-0.15, -0.1) is 0 Å². The quantitative estimate of drug-likeness (QED) is 0.197. The molecule has 0 aromatic carbocycles. The molecule has 0 amide bonds. The summed E-state index contributed by atoms with van der Waals surface area (Å²) in [4.78, 5) is 8.33. The van der Waals surface area contributed by atoms with E-state index in [1.165, 1.54) is 0 Å². The molecule has 2 bridgehead atoms. The molecule has 2 heterocycles. The van der Waals surface area contributed by atoms with Gasteiger partial charge in [-0.25, -0.2) is 0 Å². The van der Waals surface area contributed by atoms with Gasteiger partial charge in [0.1, 0.15) is 0 Å². The van der Waals surface area contributed by atoms with Crippen molar-refractivity contribution in [2.45, 2.75) is 0 Å². The molecule has 0 aromatic rings. The zero-order valence-corrected chi connectivity index (χ0v) is 27.9. The molecule has 2 rings (SSSR count). The van der Waals surface area contributed by atoms with Gasteiger partial charge in [0.15, 0.2) is 0 Å². The molecule has 0 saturated carbocycles. The van der Waals surface area contributed by atoms with Crippen molar-refractivity contribution < 1.29 is 242 Å². The molecule has 20 N–H and O–H groups in total. The molecule has 0 aliphatic carbocycles. The second kappa shape index (κ2) is 40.4. The molecule has 0 unspecified atom stereocenters. The fourth-order valence-electron chi connectivity index (χ4n) is 1.06. The fraction of sp³-hybridized carbons (Fsp3) is 0. The van der Waals surface area contributed by atoms with Gasteiger partial charge in [-0.1, -0.05) is 0 Å². The van der Waals surface area contributed by atoms with Gasteiger partial charge in [-0.05, 0) is 6.16 Å². The van der Waals surface area contributed by atoms with E-state index in [-0.39, 0.29) is 180 Å². The molecule has 168 valence electrons. The zero-order chi connectivity index (χ0) is 15.3. The van der Waals surface area contributed by atoms with Crippen molar-refractivity contribution in [1.29, 1.82) is 0 Å². The molecule has 2 aliphatic rings. The fourth-order valence-corrected chi connectivity index (χ4v) is 1.06. The summed E-state index contributed by atoms with van der Waals surface area (Å²) in [5, 5.41) is 52.6. The van der Waals surface area contributed by atoms with Crippen LogP contribution in [0.25, 0.3) is 0 Å². The topological polar surface area (TPSA) is 459 Å². The Morgan fingerprint density at radius 2 is 0.774 bits per heavy atom. The predicted molar refractivity (Wildman–Crippen MR) is 72.3 cm³/mol. The first kappa shape index (κ1) is 83.8. The van der Waals surface area contributed by atoms with Crippen LogP contribution < -0.4 is 128 Å². The van der Waals surface area contributed by atoms with Crippen LogP contribution in [-0.2, 0) is 44.7 Å². The van der Waals surface area contributed by atoms with Gasteiger partial charge in [0.25, 0.3) is 0 Å². The molecule has 21 nitrogen and oxygen atoms in total. The molecule has 2 fully saturated rings. The van der Waals surface area contributed by atoms with E-state index in [2.05, 4.69) is 22.9 Å². The molecule has 0 spiro atoms. The maximum absolute atomic E-state index is 9.18. The van der Waals surface area contributed by atoms with Gasteiger partial charge in [0, 0.05) is 0 Å². The van der Waals surface area contributed by atoms with Crippen molar-refractivity contribution in [2.24, 2.45) is 0 Å². The molecule has 0 radical (unpaired) electrons. The molecule has 0 aromatic heterocycles. The first-order valence-electron chi connectivity index (χ1n) is 4.29. The van der Waals surface area contributed by atoms with Crippen LogP contribution in [0.2, 0.25) is 0 Å². The van der Waals surface area contributed by atoms with E-state index in [0.717, 1.165) is 0 Å². The molecule has 2 saturated heterocycles. The molecular weight excluding hydrogens is 549 g/mol. The molecule has 0 atom stereocenters. The van der Waals surface area contributed by atoms with Gasteiger partial charge < -0.3 is 102 Å². The van der Waals surface area contributed by atoms with E-state index < -0.39 is 34.7 Å². The average Bonchev–Trinajstić information content (AvgIpc) is 2.13. The van der Waals surface area contributed by atoms with Crippen molar-refractivity contribution in [1.82, 2.24) is 0 Å². The Balaban J connectivity index is -0.0000000151. The SMILES string of the molecule is O.O.O.O.O.O.O.O.O=C([O-])[O-].OB1O[B-]2(O)OB(O)O[B-](O)(O1)O2.[Na+].[Na+].[Na+].[Na+].[O]=[Zn]. The Labute approximate surface area is 272 Å². The molecule has 30 heteroatoms. The third kappa shape index (κ3) is 38.0. The van der Waals surface area contributed by atoms with Crippen LogP contribution >= 0.6 is 0 Å². The monoisotopic (exact) mass is 568 g/mol. The van der Waals surface area contributed by atoms with E-state index >= 15 is 0 Å². The van der Waals surface area contributed by atoms with Crippen LogP contribution in [0, 0.1) is 0 Å². The van der Waals surface area contributed by atoms with Gasteiger partial charge >= 0.3 is 169 Å². The second-order valence-electron chi connectivity index (χ2n) is 2.75. The second-order valence-corrected chi connectivity index (χ2v) is 2.75. The third-order valence-corrected chi connectivity index (χ3v) is 1.50. The predicted octanol–water partition coefficient (Wildman–Crippen LogP) is -25.2. The summed E-state index contributed by atoms with van der Waals surface area (Å²) in [7, 11) is -3.92. The average molecular weight is 569 g/mol. The van der Waals surface area contributed by atoms with E-state index in [4.69, 9.17) is 28.6 Å². The van der Waals surface area contributed by atoms with Crippen molar-refractivity contribution in [2.75, 3.05) is 0 Å². The first-order chi connectivity index (χ1) is 8.64. The summed E-state index contributed by atoms with van der Waals surface area (Å²) in [6.07, 6.45) is -2.33. The number of hydrogen-bond donors (Lipinski definition) is 4. The normalized spacial score (nSPS) is 19.9.